The van der Waals surface area contributed by atoms with E-state index in [1.54, 1.807) is 12.3 Å². The van der Waals surface area contributed by atoms with Crippen molar-refractivity contribution in [2.75, 3.05) is 6.61 Å². The van der Waals surface area contributed by atoms with Crippen LogP contribution >= 0.6 is 11.6 Å². The average molecular weight is 263 g/mol. The summed E-state index contributed by atoms with van der Waals surface area (Å²) in [6, 6.07) is 11.1. The molecule has 1 aromatic carbocycles. The first-order valence-electron chi connectivity index (χ1n) is 5.80. The monoisotopic (exact) mass is 262 g/mol. The first-order valence-corrected chi connectivity index (χ1v) is 6.18. The van der Waals surface area contributed by atoms with Gasteiger partial charge in [0.25, 0.3) is 0 Å². The largest absolute Gasteiger partial charge is 0.494 e. The van der Waals surface area contributed by atoms with Gasteiger partial charge in [-0.1, -0.05) is 23.7 Å². The minimum Gasteiger partial charge on any atom is -0.494 e. The van der Waals surface area contributed by atoms with Gasteiger partial charge in [0.1, 0.15) is 5.75 Å². The summed E-state index contributed by atoms with van der Waals surface area (Å²) in [6.45, 7) is 2.61. The molecule has 18 heavy (non-hydrogen) atoms. The van der Waals surface area contributed by atoms with Crippen molar-refractivity contribution in [2.24, 2.45) is 5.73 Å². The third-order valence-corrected chi connectivity index (χ3v) is 2.84. The highest BCUT2D eigenvalue weighted by Gasteiger charge is 2.10. The van der Waals surface area contributed by atoms with Gasteiger partial charge in [0.15, 0.2) is 0 Å². The van der Waals surface area contributed by atoms with Crippen LogP contribution in [-0.2, 0) is 0 Å². The molecule has 0 saturated heterocycles. The quantitative estimate of drug-likeness (QED) is 0.921. The van der Waals surface area contributed by atoms with Crippen molar-refractivity contribution in [3.05, 3.63) is 58.9 Å². The molecule has 0 saturated carbocycles. The van der Waals surface area contributed by atoms with Gasteiger partial charge >= 0.3 is 0 Å². The van der Waals surface area contributed by atoms with Gasteiger partial charge in [0, 0.05) is 6.20 Å². The molecule has 3 nitrogen and oxygen atoms in total. The predicted octanol–water partition coefficient (Wildman–Crippen LogP) is 3.18. The number of hydrogen-bond acceptors (Lipinski definition) is 3. The van der Waals surface area contributed by atoms with Gasteiger partial charge in [0.05, 0.1) is 23.4 Å². The molecule has 0 spiro atoms. The molecule has 1 aromatic heterocycles. The molecule has 4 heteroatoms. The van der Waals surface area contributed by atoms with E-state index in [-0.39, 0.29) is 6.04 Å². The number of rotatable bonds is 4. The van der Waals surface area contributed by atoms with E-state index in [2.05, 4.69) is 4.98 Å². The van der Waals surface area contributed by atoms with Crippen LogP contribution in [0, 0.1) is 0 Å². The lowest BCUT2D eigenvalue weighted by Gasteiger charge is -2.12. The van der Waals surface area contributed by atoms with E-state index in [0.717, 1.165) is 17.0 Å². The smallest absolute Gasteiger partial charge is 0.119 e. The van der Waals surface area contributed by atoms with Crippen molar-refractivity contribution in [3.8, 4) is 5.75 Å². The van der Waals surface area contributed by atoms with E-state index in [0.29, 0.717) is 11.6 Å². The molecule has 0 amide bonds. The Morgan fingerprint density at radius 1 is 1.22 bits per heavy atom. The van der Waals surface area contributed by atoms with E-state index in [4.69, 9.17) is 22.1 Å². The van der Waals surface area contributed by atoms with Crippen LogP contribution in [0.4, 0.5) is 0 Å². The highest BCUT2D eigenvalue weighted by atomic mass is 35.5. The lowest BCUT2D eigenvalue weighted by molar-refractivity contribution is 0.340. The molecular formula is C14H15ClN2O. The maximum absolute atomic E-state index is 6.14. The summed E-state index contributed by atoms with van der Waals surface area (Å²) < 4.78 is 5.39. The van der Waals surface area contributed by atoms with E-state index in [1.807, 2.05) is 37.3 Å². The average Bonchev–Trinajstić information content (AvgIpc) is 2.40. The van der Waals surface area contributed by atoms with Crippen LogP contribution < -0.4 is 10.5 Å². The van der Waals surface area contributed by atoms with E-state index < -0.39 is 0 Å². The number of halogens is 1. The van der Waals surface area contributed by atoms with Crippen LogP contribution in [0.3, 0.4) is 0 Å². The van der Waals surface area contributed by atoms with Crippen LogP contribution in [0.2, 0.25) is 5.02 Å². The molecule has 1 unspecified atom stereocenters. The number of pyridine rings is 1. The Kier molecular flexibility index (Phi) is 4.18. The summed E-state index contributed by atoms with van der Waals surface area (Å²) in [5.41, 5.74) is 7.93. The molecule has 2 N–H and O–H groups in total. The lowest BCUT2D eigenvalue weighted by atomic mass is 10.0. The van der Waals surface area contributed by atoms with Crippen LogP contribution in [0.5, 0.6) is 5.75 Å². The maximum atomic E-state index is 6.14. The fourth-order valence-electron chi connectivity index (χ4n) is 1.68. The normalized spacial score (nSPS) is 12.2. The molecule has 0 bridgehead atoms. The van der Waals surface area contributed by atoms with Gasteiger partial charge in [0.2, 0.25) is 0 Å². The molecule has 0 fully saturated rings. The molecule has 0 aliphatic rings. The summed E-state index contributed by atoms with van der Waals surface area (Å²) >= 11 is 5.80. The zero-order valence-electron chi connectivity index (χ0n) is 10.1. The first-order chi connectivity index (χ1) is 8.70. The summed E-state index contributed by atoms with van der Waals surface area (Å²) in [6.07, 6.45) is 1.60. The van der Waals surface area contributed by atoms with Gasteiger partial charge in [-0.25, -0.2) is 0 Å². The Hall–Kier alpha value is -1.58. The Balaban J connectivity index is 2.17. The summed E-state index contributed by atoms with van der Waals surface area (Å²) in [5.74, 6) is 0.845. The number of hydrogen-bond donors (Lipinski definition) is 1. The summed E-state index contributed by atoms with van der Waals surface area (Å²) in [5, 5.41) is 0.609. The summed E-state index contributed by atoms with van der Waals surface area (Å²) in [7, 11) is 0. The van der Waals surface area contributed by atoms with Crippen LogP contribution in [0.1, 0.15) is 24.2 Å². The van der Waals surface area contributed by atoms with E-state index in [1.165, 1.54) is 0 Å². The first kappa shape index (κ1) is 12.9. The van der Waals surface area contributed by atoms with Gasteiger partial charge < -0.3 is 10.5 Å². The number of benzene rings is 1. The maximum Gasteiger partial charge on any atom is 0.119 e. The number of nitrogens with zero attached hydrogens (tertiary/aromatic N) is 1. The standard InChI is InChI=1S/C14H15ClN2O/c1-2-18-12-6-3-10(4-7-12)14(16)13-8-5-11(15)9-17-13/h3-9,14H,2,16H2,1H3. The summed E-state index contributed by atoms with van der Waals surface area (Å²) in [4.78, 5) is 4.23. The minimum absolute atomic E-state index is 0.252. The van der Waals surface area contributed by atoms with Crippen molar-refractivity contribution in [3.63, 3.8) is 0 Å². The zero-order valence-corrected chi connectivity index (χ0v) is 10.9. The highest BCUT2D eigenvalue weighted by Crippen LogP contribution is 2.21. The van der Waals surface area contributed by atoms with Crippen molar-refractivity contribution >= 4 is 11.6 Å². The Labute approximate surface area is 112 Å². The number of nitrogens with two attached hydrogens (primary N) is 1. The fourth-order valence-corrected chi connectivity index (χ4v) is 1.79. The van der Waals surface area contributed by atoms with Crippen LogP contribution in [0.15, 0.2) is 42.6 Å². The lowest BCUT2D eigenvalue weighted by Crippen LogP contribution is -2.13. The number of aromatic nitrogens is 1. The SMILES string of the molecule is CCOc1ccc(C(N)c2ccc(Cl)cn2)cc1. The van der Waals surface area contributed by atoms with Gasteiger partial charge in [-0.05, 0) is 36.8 Å². The van der Waals surface area contributed by atoms with Gasteiger partial charge in [-0.15, -0.1) is 0 Å². The Morgan fingerprint density at radius 2 is 1.94 bits per heavy atom. The molecule has 1 atom stereocenters. The molecule has 2 rings (SSSR count). The predicted molar refractivity (Wildman–Crippen MR) is 72.9 cm³/mol. The van der Waals surface area contributed by atoms with Crippen molar-refractivity contribution in [1.82, 2.24) is 4.98 Å². The van der Waals surface area contributed by atoms with Crippen molar-refractivity contribution < 1.29 is 4.74 Å². The second-order valence-corrected chi connectivity index (χ2v) is 4.32. The third kappa shape index (κ3) is 3.00. The van der Waals surface area contributed by atoms with Crippen molar-refractivity contribution in [2.45, 2.75) is 13.0 Å². The second kappa shape index (κ2) is 5.85. The molecule has 94 valence electrons. The fraction of sp³-hybridized carbons (Fsp3) is 0.214. The molecule has 1 heterocycles. The zero-order chi connectivity index (χ0) is 13.0. The second-order valence-electron chi connectivity index (χ2n) is 3.88. The van der Waals surface area contributed by atoms with E-state index >= 15 is 0 Å². The highest BCUT2D eigenvalue weighted by molar-refractivity contribution is 6.30. The molecule has 0 radical (unpaired) electrons. The molecule has 2 aromatic rings. The Bertz CT molecular complexity index is 496. The number of ether oxygens (including phenoxy) is 1. The molecule has 0 aliphatic heterocycles. The topological polar surface area (TPSA) is 48.1 Å². The van der Waals surface area contributed by atoms with Gasteiger partial charge in [-0.2, -0.15) is 0 Å². The third-order valence-electron chi connectivity index (χ3n) is 2.62. The van der Waals surface area contributed by atoms with Gasteiger partial charge in [-0.3, -0.25) is 4.98 Å². The van der Waals surface area contributed by atoms with Crippen LogP contribution in [0.25, 0.3) is 0 Å². The van der Waals surface area contributed by atoms with Crippen LogP contribution in [-0.4, -0.2) is 11.6 Å². The minimum atomic E-state index is -0.252. The molecule has 0 aliphatic carbocycles. The molecular weight excluding hydrogens is 248 g/mol. The van der Waals surface area contributed by atoms with Crippen molar-refractivity contribution in [1.29, 1.82) is 0 Å². The Morgan fingerprint density at radius 3 is 2.50 bits per heavy atom. The van der Waals surface area contributed by atoms with E-state index in [9.17, 15) is 0 Å².